The Hall–Kier alpha value is -3.04. The molecular formula is C14H20N8O2. The van der Waals surface area contributed by atoms with Crippen LogP contribution in [0.15, 0.2) is 18.7 Å². The summed E-state index contributed by atoms with van der Waals surface area (Å²) in [6.45, 7) is 2.24. The number of aryl methyl sites for hydroxylation is 1. The maximum absolute atomic E-state index is 12.0. The Kier molecular flexibility index (Phi) is 5.77. The zero-order valence-corrected chi connectivity index (χ0v) is 13.8. The molecule has 2 heterocycles. The molecule has 10 nitrogen and oxygen atoms in total. The summed E-state index contributed by atoms with van der Waals surface area (Å²) in [7, 11) is 3.41. The zero-order chi connectivity index (χ0) is 17.5. The van der Waals surface area contributed by atoms with Gasteiger partial charge in [-0.05, 0) is 13.3 Å². The number of nitrogens with one attached hydrogen (secondary N) is 3. The third-order valence-corrected chi connectivity index (χ3v) is 3.18. The number of amides is 2. The molecule has 128 valence electrons. The van der Waals surface area contributed by atoms with Gasteiger partial charge in [-0.1, -0.05) is 0 Å². The van der Waals surface area contributed by atoms with Crippen LogP contribution in [0.4, 0.5) is 5.82 Å². The minimum atomic E-state index is -0.345. The van der Waals surface area contributed by atoms with Crippen LogP contribution >= 0.6 is 0 Å². The van der Waals surface area contributed by atoms with Crippen LogP contribution < -0.4 is 16.0 Å². The van der Waals surface area contributed by atoms with E-state index < -0.39 is 0 Å². The van der Waals surface area contributed by atoms with Crippen molar-refractivity contribution in [1.82, 2.24) is 35.4 Å². The van der Waals surface area contributed by atoms with Crippen molar-refractivity contribution < 1.29 is 9.59 Å². The van der Waals surface area contributed by atoms with Gasteiger partial charge in [-0.3, -0.25) is 14.3 Å². The van der Waals surface area contributed by atoms with Gasteiger partial charge < -0.3 is 16.0 Å². The Balaban J connectivity index is 1.75. The third-order valence-electron chi connectivity index (χ3n) is 3.18. The summed E-state index contributed by atoms with van der Waals surface area (Å²) in [5.74, 6) is 0.0533. The average Bonchev–Trinajstić information content (AvgIpc) is 3.01. The van der Waals surface area contributed by atoms with Crippen LogP contribution in [-0.4, -0.2) is 56.2 Å². The standard InChI is InChI=1S/C14H20N8O2/c1-9(4-5-16-14(24)12-19-8-22(3)21-12)20-13(23)10-6-18-11(15-2)7-17-10/h6-9H,4-5H2,1-3H3,(H,15,18)(H,16,24)(H,20,23). The van der Waals surface area contributed by atoms with Crippen LogP contribution in [0, 0.1) is 0 Å². The van der Waals surface area contributed by atoms with E-state index in [4.69, 9.17) is 0 Å². The second kappa shape index (κ2) is 7.99. The topological polar surface area (TPSA) is 127 Å². The van der Waals surface area contributed by atoms with Crippen molar-refractivity contribution in [3.05, 3.63) is 30.2 Å². The summed E-state index contributed by atoms with van der Waals surface area (Å²) in [4.78, 5) is 35.7. The fourth-order valence-electron chi connectivity index (χ4n) is 1.87. The van der Waals surface area contributed by atoms with Gasteiger partial charge in [-0.25, -0.2) is 15.0 Å². The SMILES string of the molecule is CNc1cnc(C(=O)NC(C)CCNC(=O)c2ncn(C)n2)cn1. The van der Waals surface area contributed by atoms with Crippen LogP contribution in [0.25, 0.3) is 0 Å². The van der Waals surface area contributed by atoms with Crippen LogP contribution in [0.1, 0.15) is 34.5 Å². The highest BCUT2D eigenvalue weighted by Crippen LogP contribution is 2.00. The highest BCUT2D eigenvalue weighted by Gasteiger charge is 2.13. The molecule has 2 amide bonds. The first-order chi connectivity index (χ1) is 11.5. The van der Waals surface area contributed by atoms with Crippen molar-refractivity contribution in [3.63, 3.8) is 0 Å². The zero-order valence-electron chi connectivity index (χ0n) is 13.8. The summed E-state index contributed by atoms with van der Waals surface area (Å²) >= 11 is 0. The van der Waals surface area contributed by atoms with Crippen molar-refractivity contribution in [2.45, 2.75) is 19.4 Å². The average molecular weight is 332 g/mol. The van der Waals surface area contributed by atoms with Crippen molar-refractivity contribution in [2.75, 3.05) is 18.9 Å². The molecule has 0 saturated heterocycles. The molecule has 24 heavy (non-hydrogen) atoms. The van der Waals surface area contributed by atoms with E-state index in [-0.39, 0.29) is 29.4 Å². The van der Waals surface area contributed by atoms with E-state index in [1.165, 1.54) is 23.4 Å². The fourth-order valence-corrected chi connectivity index (χ4v) is 1.87. The van der Waals surface area contributed by atoms with Crippen molar-refractivity contribution in [3.8, 4) is 0 Å². The van der Waals surface area contributed by atoms with Crippen molar-refractivity contribution in [1.29, 1.82) is 0 Å². The van der Waals surface area contributed by atoms with E-state index in [2.05, 4.69) is 36.0 Å². The van der Waals surface area contributed by atoms with Gasteiger partial charge in [-0.2, -0.15) is 0 Å². The molecular weight excluding hydrogens is 312 g/mol. The van der Waals surface area contributed by atoms with Gasteiger partial charge in [0.05, 0.1) is 12.4 Å². The summed E-state index contributed by atoms with van der Waals surface area (Å²) in [5.41, 5.74) is 0.238. The summed E-state index contributed by atoms with van der Waals surface area (Å²) in [6, 6.07) is -0.139. The quantitative estimate of drug-likeness (QED) is 0.629. The maximum atomic E-state index is 12.0. The van der Waals surface area contributed by atoms with Crippen LogP contribution in [0.5, 0.6) is 0 Å². The third kappa shape index (κ3) is 4.73. The first kappa shape index (κ1) is 17.3. The van der Waals surface area contributed by atoms with E-state index in [1.54, 1.807) is 14.1 Å². The lowest BCUT2D eigenvalue weighted by Crippen LogP contribution is -2.36. The van der Waals surface area contributed by atoms with Crippen LogP contribution in [0.3, 0.4) is 0 Å². The molecule has 0 aliphatic rings. The minimum Gasteiger partial charge on any atom is -0.372 e. The second-order valence-electron chi connectivity index (χ2n) is 5.20. The van der Waals surface area contributed by atoms with Crippen molar-refractivity contribution >= 4 is 17.6 Å². The number of carbonyl (C=O) groups is 2. The molecule has 0 spiro atoms. The normalized spacial score (nSPS) is 11.6. The molecule has 2 aromatic rings. The molecule has 0 aliphatic heterocycles. The summed E-state index contributed by atoms with van der Waals surface area (Å²) < 4.78 is 1.46. The maximum Gasteiger partial charge on any atom is 0.290 e. The molecule has 0 aromatic carbocycles. The Morgan fingerprint density at radius 2 is 2.00 bits per heavy atom. The molecule has 0 saturated carbocycles. The molecule has 0 radical (unpaired) electrons. The number of carbonyl (C=O) groups excluding carboxylic acids is 2. The fraction of sp³-hybridized carbons (Fsp3) is 0.429. The largest absolute Gasteiger partial charge is 0.372 e. The summed E-state index contributed by atoms with van der Waals surface area (Å²) in [6.07, 6.45) is 4.91. The van der Waals surface area contributed by atoms with E-state index in [0.717, 1.165) is 0 Å². The molecule has 10 heteroatoms. The van der Waals surface area contributed by atoms with E-state index >= 15 is 0 Å². The lowest BCUT2D eigenvalue weighted by Gasteiger charge is -2.13. The summed E-state index contributed by atoms with van der Waals surface area (Å²) in [5, 5.41) is 12.3. The predicted molar refractivity (Wildman–Crippen MR) is 86.5 cm³/mol. The van der Waals surface area contributed by atoms with E-state index in [9.17, 15) is 9.59 Å². The lowest BCUT2D eigenvalue weighted by molar-refractivity contribution is 0.0931. The van der Waals surface area contributed by atoms with E-state index in [1.807, 2.05) is 6.92 Å². The molecule has 0 fully saturated rings. The van der Waals surface area contributed by atoms with Crippen LogP contribution in [-0.2, 0) is 7.05 Å². The second-order valence-corrected chi connectivity index (χ2v) is 5.20. The highest BCUT2D eigenvalue weighted by molar-refractivity contribution is 5.92. The Morgan fingerprint density at radius 3 is 2.58 bits per heavy atom. The monoisotopic (exact) mass is 332 g/mol. The van der Waals surface area contributed by atoms with Crippen molar-refractivity contribution in [2.24, 2.45) is 7.05 Å². The number of rotatable bonds is 7. The lowest BCUT2D eigenvalue weighted by atomic mass is 10.2. The molecule has 2 aromatic heterocycles. The smallest absolute Gasteiger partial charge is 0.290 e. The van der Waals surface area contributed by atoms with Gasteiger partial charge in [0.15, 0.2) is 0 Å². The van der Waals surface area contributed by atoms with Gasteiger partial charge >= 0.3 is 0 Å². The Bertz CT molecular complexity index is 697. The molecule has 1 unspecified atom stereocenters. The highest BCUT2D eigenvalue weighted by atomic mass is 16.2. The molecule has 2 rings (SSSR count). The van der Waals surface area contributed by atoms with E-state index in [0.29, 0.717) is 18.8 Å². The van der Waals surface area contributed by atoms with Gasteiger partial charge in [0.2, 0.25) is 5.82 Å². The van der Waals surface area contributed by atoms with Crippen LogP contribution in [0.2, 0.25) is 0 Å². The predicted octanol–water partition coefficient (Wildman–Crippen LogP) is -0.415. The number of aromatic nitrogens is 5. The first-order valence-corrected chi connectivity index (χ1v) is 7.44. The molecule has 1 atom stereocenters. The number of anilines is 1. The molecule has 0 aliphatic carbocycles. The van der Waals surface area contributed by atoms with Gasteiger partial charge in [-0.15, -0.1) is 5.10 Å². The number of hydrogen-bond acceptors (Lipinski definition) is 7. The Morgan fingerprint density at radius 1 is 1.21 bits per heavy atom. The number of hydrogen-bond donors (Lipinski definition) is 3. The number of nitrogens with zero attached hydrogens (tertiary/aromatic N) is 5. The van der Waals surface area contributed by atoms with Gasteiger partial charge in [0, 0.05) is 26.7 Å². The Labute approximate surface area is 139 Å². The molecule has 3 N–H and O–H groups in total. The van der Waals surface area contributed by atoms with Gasteiger partial charge in [0.25, 0.3) is 11.8 Å². The minimum absolute atomic E-state index is 0.120. The van der Waals surface area contributed by atoms with Gasteiger partial charge in [0.1, 0.15) is 17.8 Å². The molecule has 0 bridgehead atoms. The first-order valence-electron chi connectivity index (χ1n) is 7.44.